The van der Waals surface area contributed by atoms with E-state index < -0.39 is 0 Å². The zero-order valence-corrected chi connectivity index (χ0v) is 20.4. The number of hydrogen-bond acceptors (Lipinski definition) is 5. The van der Waals surface area contributed by atoms with Gasteiger partial charge in [0.25, 0.3) is 5.91 Å². The van der Waals surface area contributed by atoms with Gasteiger partial charge in [0.05, 0.1) is 12.5 Å². The molecule has 0 unspecified atom stereocenters. The molecular formula is C27H37N3O3. The molecule has 33 heavy (non-hydrogen) atoms. The Hall–Kier alpha value is -2.24. The first-order valence-electron chi connectivity index (χ1n) is 12.5. The highest BCUT2D eigenvalue weighted by Gasteiger charge is 2.67. The van der Waals surface area contributed by atoms with Crippen molar-refractivity contribution in [2.45, 2.75) is 78.6 Å². The molecule has 1 amide bonds. The van der Waals surface area contributed by atoms with Crippen molar-refractivity contribution in [1.82, 2.24) is 10.4 Å². The average molecular weight is 452 g/mol. The summed E-state index contributed by atoms with van der Waals surface area (Å²) in [5, 5.41) is 4.70. The molecule has 1 aromatic rings. The molecule has 0 radical (unpaired) electrons. The van der Waals surface area contributed by atoms with Gasteiger partial charge in [-0.2, -0.15) is 5.10 Å². The Morgan fingerprint density at radius 3 is 2.61 bits per heavy atom. The van der Waals surface area contributed by atoms with Crippen molar-refractivity contribution in [2.24, 2.45) is 38.6 Å². The van der Waals surface area contributed by atoms with Gasteiger partial charge < -0.3 is 4.74 Å². The maximum Gasteiger partial charge on any atom is 0.311 e. The van der Waals surface area contributed by atoms with E-state index in [0.29, 0.717) is 17.5 Å². The highest BCUT2D eigenvalue weighted by Crippen LogP contribution is 2.73. The lowest BCUT2D eigenvalue weighted by Crippen LogP contribution is -2.58. The van der Waals surface area contributed by atoms with Crippen LogP contribution in [0, 0.1) is 33.5 Å². The summed E-state index contributed by atoms with van der Waals surface area (Å²) in [4.78, 5) is 29.6. The number of esters is 1. The maximum atomic E-state index is 12.9. The zero-order valence-electron chi connectivity index (χ0n) is 20.4. The maximum absolute atomic E-state index is 12.9. The van der Waals surface area contributed by atoms with Crippen LogP contribution >= 0.6 is 0 Å². The number of rotatable bonds is 3. The molecule has 0 aromatic carbocycles. The Morgan fingerprint density at radius 1 is 1.09 bits per heavy atom. The van der Waals surface area contributed by atoms with Crippen LogP contribution in [0.25, 0.3) is 0 Å². The fourth-order valence-corrected chi connectivity index (χ4v) is 8.85. The molecule has 5 rings (SSSR count). The molecule has 6 heteroatoms. The minimum atomic E-state index is -0.379. The Kier molecular flexibility index (Phi) is 5.22. The van der Waals surface area contributed by atoms with Crippen LogP contribution in [-0.2, 0) is 9.53 Å². The first-order valence-corrected chi connectivity index (χ1v) is 12.5. The Labute approximate surface area is 197 Å². The van der Waals surface area contributed by atoms with E-state index in [9.17, 15) is 9.59 Å². The number of methoxy groups -OCH3 is 1. The smallest absolute Gasteiger partial charge is 0.311 e. The molecule has 2 bridgehead atoms. The summed E-state index contributed by atoms with van der Waals surface area (Å²) in [6.07, 6.45) is 11.4. The normalized spacial score (nSPS) is 42.8. The third-order valence-electron chi connectivity index (χ3n) is 10.2. The number of carbonyl (C=O) groups excluding carboxylic acids is 2. The first kappa shape index (κ1) is 22.5. The molecule has 178 valence electrons. The zero-order chi connectivity index (χ0) is 23.5. The van der Waals surface area contributed by atoms with E-state index in [2.05, 4.69) is 31.2 Å². The van der Waals surface area contributed by atoms with Crippen molar-refractivity contribution in [3.8, 4) is 0 Å². The van der Waals surface area contributed by atoms with Gasteiger partial charge in [0.2, 0.25) is 0 Å². The van der Waals surface area contributed by atoms with Gasteiger partial charge in [-0.3, -0.25) is 14.6 Å². The molecular weight excluding hydrogens is 414 g/mol. The summed E-state index contributed by atoms with van der Waals surface area (Å²) in [7, 11) is 1.54. The second kappa shape index (κ2) is 7.64. The van der Waals surface area contributed by atoms with E-state index in [4.69, 9.17) is 9.84 Å². The van der Waals surface area contributed by atoms with Crippen LogP contribution < -0.4 is 5.43 Å². The van der Waals surface area contributed by atoms with E-state index in [1.807, 2.05) is 6.07 Å². The highest BCUT2D eigenvalue weighted by atomic mass is 16.5. The van der Waals surface area contributed by atoms with Crippen molar-refractivity contribution < 1.29 is 14.3 Å². The number of nitrogens with zero attached hydrogens (tertiary/aromatic N) is 2. The van der Waals surface area contributed by atoms with Gasteiger partial charge in [0.15, 0.2) is 0 Å². The van der Waals surface area contributed by atoms with Crippen LogP contribution in [0.2, 0.25) is 0 Å². The summed E-state index contributed by atoms with van der Waals surface area (Å²) in [5.41, 5.74) is 4.36. The lowest BCUT2D eigenvalue weighted by atomic mass is 9.40. The number of aromatic nitrogens is 1. The lowest BCUT2D eigenvalue weighted by Gasteiger charge is -2.64. The van der Waals surface area contributed by atoms with Crippen molar-refractivity contribution in [1.29, 1.82) is 0 Å². The molecule has 1 spiro atoms. The fourth-order valence-electron chi connectivity index (χ4n) is 8.85. The highest BCUT2D eigenvalue weighted by molar-refractivity contribution is 5.96. The van der Waals surface area contributed by atoms with E-state index in [-0.39, 0.29) is 33.5 Å². The molecule has 4 aliphatic carbocycles. The van der Waals surface area contributed by atoms with Crippen molar-refractivity contribution >= 4 is 17.6 Å². The molecule has 1 heterocycles. The Morgan fingerprint density at radius 2 is 1.88 bits per heavy atom. The SMILES string of the molecule is COC(=O)[C@]1(C)CCC[C@@]2(C)[C@@H]3CC[C@@]4(C)C[C@]3(CC[C@@H]21)C/C4=N/NC(=O)c1ccccn1. The molecule has 6 atom stereocenters. The van der Waals surface area contributed by atoms with Gasteiger partial charge in [-0.25, -0.2) is 5.43 Å². The first-order chi connectivity index (χ1) is 15.7. The standard InChI is InChI=1S/C27H37N3O3/c1-24-13-9-20-25(2)11-7-12-26(3,23(32)33-4)19(25)10-14-27(20,17-24)16-21(24)29-30-22(31)18-8-5-6-15-28-18/h5-6,8,15,19-20H,7,9-14,16-17H2,1-4H3,(H,30,31)/b29-21-/t19-,20-,24-,25+,26+,27-/m0/s1. The van der Waals surface area contributed by atoms with Crippen molar-refractivity contribution in [2.75, 3.05) is 7.11 Å². The molecule has 1 aromatic heterocycles. The minimum Gasteiger partial charge on any atom is -0.469 e. The number of hydrazone groups is 1. The molecule has 1 N–H and O–H groups in total. The number of nitrogens with one attached hydrogen (secondary N) is 1. The molecule has 4 aliphatic rings. The molecule has 4 fully saturated rings. The molecule has 4 saturated carbocycles. The number of amides is 1. The summed E-state index contributed by atoms with van der Waals surface area (Å²) >= 11 is 0. The summed E-state index contributed by atoms with van der Waals surface area (Å²) in [6.45, 7) is 6.95. The van der Waals surface area contributed by atoms with E-state index in [1.165, 1.54) is 20.0 Å². The predicted octanol–water partition coefficient (Wildman–Crippen LogP) is 5.14. The molecule has 0 saturated heterocycles. The van der Waals surface area contributed by atoms with Gasteiger partial charge >= 0.3 is 5.97 Å². The van der Waals surface area contributed by atoms with Crippen molar-refractivity contribution in [3.63, 3.8) is 0 Å². The number of pyridine rings is 1. The number of carbonyl (C=O) groups is 2. The van der Waals surface area contributed by atoms with Crippen LogP contribution in [0.15, 0.2) is 29.5 Å². The van der Waals surface area contributed by atoms with Gasteiger partial charge in [-0.15, -0.1) is 0 Å². The van der Waals surface area contributed by atoms with Crippen LogP contribution in [-0.4, -0.2) is 29.7 Å². The average Bonchev–Trinajstić information content (AvgIpc) is 3.01. The van der Waals surface area contributed by atoms with Gasteiger partial charge in [-0.1, -0.05) is 26.3 Å². The second-order valence-corrected chi connectivity index (χ2v) is 11.9. The van der Waals surface area contributed by atoms with Gasteiger partial charge in [-0.05, 0) is 93.1 Å². The van der Waals surface area contributed by atoms with E-state index in [1.54, 1.807) is 18.3 Å². The lowest BCUT2D eigenvalue weighted by molar-refractivity contribution is -0.185. The van der Waals surface area contributed by atoms with E-state index >= 15 is 0 Å². The predicted molar refractivity (Wildman–Crippen MR) is 126 cm³/mol. The van der Waals surface area contributed by atoms with Gasteiger partial charge in [0, 0.05) is 17.3 Å². The third-order valence-corrected chi connectivity index (χ3v) is 10.2. The Bertz CT molecular complexity index is 994. The van der Waals surface area contributed by atoms with Crippen molar-refractivity contribution in [3.05, 3.63) is 30.1 Å². The summed E-state index contributed by atoms with van der Waals surface area (Å²) in [5.74, 6) is 0.677. The molecule has 0 aliphatic heterocycles. The third kappa shape index (κ3) is 3.27. The summed E-state index contributed by atoms with van der Waals surface area (Å²) < 4.78 is 5.30. The fraction of sp³-hybridized carbons (Fsp3) is 0.704. The van der Waals surface area contributed by atoms with Crippen LogP contribution in [0.1, 0.15) is 89.0 Å². The largest absolute Gasteiger partial charge is 0.469 e. The van der Waals surface area contributed by atoms with Gasteiger partial charge in [0.1, 0.15) is 5.69 Å². The summed E-state index contributed by atoms with van der Waals surface area (Å²) in [6, 6.07) is 5.33. The quantitative estimate of drug-likeness (QED) is 0.509. The Balaban J connectivity index is 1.42. The second-order valence-electron chi connectivity index (χ2n) is 11.9. The molecule has 6 nitrogen and oxygen atoms in total. The number of fused-ring (bicyclic) bond motifs is 3. The topological polar surface area (TPSA) is 80.6 Å². The van der Waals surface area contributed by atoms with Crippen LogP contribution in [0.5, 0.6) is 0 Å². The minimum absolute atomic E-state index is 0.0269. The number of hydrogen-bond donors (Lipinski definition) is 1. The number of ether oxygens (including phenoxy) is 1. The van der Waals surface area contributed by atoms with E-state index in [0.717, 1.165) is 50.7 Å². The van der Waals surface area contributed by atoms with Crippen LogP contribution in [0.3, 0.4) is 0 Å². The monoisotopic (exact) mass is 451 g/mol. The van der Waals surface area contributed by atoms with Crippen LogP contribution in [0.4, 0.5) is 0 Å².